The van der Waals surface area contributed by atoms with E-state index in [2.05, 4.69) is 24.3 Å². The van der Waals surface area contributed by atoms with Crippen LogP contribution in [0.4, 0.5) is 5.82 Å². The molecule has 0 amide bonds. The third-order valence-corrected chi connectivity index (χ3v) is 5.23. The second-order valence-electron chi connectivity index (χ2n) is 7.34. The summed E-state index contributed by atoms with van der Waals surface area (Å²) in [6.07, 6.45) is 1.69. The van der Waals surface area contributed by atoms with Gasteiger partial charge in [0, 0.05) is 17.3 Å². The van der Waals surface area contributed by atoms with Crippen LogP contribution in [0.15, 0.2) is 120 Å². The van der Waals surface area contributed by atoms with Crippen molar-refractivity contribution in [3.63, 3.8) is 0 Å². The number of phenols is 1. The molecule has 0 aliphatic carbocycles. The van der Waals surface area contributed by atoms with Crippen LogP contribution in [-0.2, 0) is 0 Å². The van der Waals surface area contributed by atoms with Crippen LogP contribution in [0.1, 0.15) is 5.56 Å². The Morgan fingerprint density at radius 3 is 1.88 bits per heavy atom. The molecule has 0 spiro atoms. The lowest BCUT2D eigenvalue weighted by molar-refractivity contribution is 0.474. The van der Waals surface area contributed by atoms with Crippen LogP contribution in [0.25, 0.3) is 28.1 Å². The minimum atomic E-state index is 0.187. The third kappa shape index (κ3) is 3.82. The molecule has 0 bridgehead atoms. The lowest BCUT2D eigenvalue weighted by Gasteiger charge is -2.07. The van der Waals surface area contributed by atoms with Gasteiger partial charge in [0.25, 0.3) is 0 Å². The van der Waals surface area contributed by atoms with Gasteiger partial charge in [-0.1, -0.05) is 91.0 Å². The molecule has 4 nitrogen and oxygen atoms in total. The molecule has 1 aromatic heterocycles. The highest BCUT2D eigenvalue weighted by molar-refractivity contribution is 5.92. The first-order valence-corrected chi connectivity index (χ1v) is 10.4. The van der Waals surface area contributed by atoms with Gasteiger partial charge in [-0.25, -0.2) is 9.67 Å². The molecule has 0 aliphatic rings. The van der Waals surface area contributed by atoms with E-state index in [-0.39, 0.29) is 5.75 Å². The van der Waals surface area contributed by atoms with Crippen molar-refractivity contribution in [2.24, 2.45) is 4.99 Å². The number of para-hydroxylation sites is 2. The molecule has 0 aliphatic heterocycles. The predicted molar refractivity (Wildman–Crippen MR) is 130 cm³/mol. The van der Waals surface area contributed by atoms with Gasteiger partial charge in [0.2, 0.25) is 0 Å². The highest BCUT2D eigenvalue weighted by atomic mass is 16.3. The van der Waals surface area contributed by atoms with E-state index >= 15 is 0 Å². The number of benzene rings is 4. The number of aromatic hydroxyl groups is 1. The average molecular weight is 415 g/mol. The number of hydrogen-bond donors (Lipinski definition) is 1. The first-order chi connectivity index (χ1) is 15.8. The van der Waals surface area contributed by atoms with Gasteiger partial charge in [-0.2, -0.15) is 5.10 Å². The predicted octanol–water partition coefficient (Wildman–Crippen LogP) is 6.66. The third-order valence-electron chi connectivity index (χ3n) is 5.23. The van der Waals surface area contributed by atoms with Crippen molar-refractivity contribution < 1.29 is 5.11 Å². The summed E-state index contributed by atoms with van der Waals surface area (Å²) in [5.74, 6) is 0.885. The van der Waals surface area contributed by atoms with Crippen molar-refractivity contribution in [3.05, 3.63) is 121 Å². The quantitative estimate of drug-likeness (QED) is 0.326. The number of phenolic OH excluding ortho intramolecular Hbond substituents is 1. The molecule has 0 saturated carbocycles. The molecule has 32 heavy (non-hydrogen) atoms. The van der Waals surface area contributed by atoms with Gasteiger partial charge < -0.3 is 5.11 Å². The zero-order valence-corrected chi connectivity index (χ0v) is 17.3. The molecule has 0 saturated heterocycles. The molecule has 1 N–H and O–H groups in total. The average Bonchev–Trinajstić information content (AvgIpc) is 3.25. The van der Waals surface area contributed by atoms with Gasteiger partial charge in [-0.15, -0.1) is 0 Å². The van der Waals surface area contributed by atoms with E-state index in [1.807, 2.05) is 83.5 Å². The van der Waals surface area contributed by atoms with E-state index in [4.69, 9.17) is 10.1 Å². The maximum atomic E-state index is 10.2. The summed E-state index contributed by atoms with van der Waals surface area (Å²) in [5, 5.41) is 15.2. The van der Waals surface area contributed by atoms with Crippen molar-refractivity contribution in [1.82, 2.24) is 9.78 Å². The normalized spacial score (nSPS) is 11.1. The Kier molecular flexibility index (Phi) is 5.33. The SMILES string of the molecule is Oc1ccccc1C=Nc1c(-c2ccccc2)c(-c2ccccc2)nn1-c1ccccc1. The van der Waals surface area contributed by atoms with Crippen LogP contribution in [0.2, 0.25) is 0 Å². The summed E-state index contributed by atoms with van der Waals surface area (Å²) >= 11 is 0. The largest absolute Gasteiger partial charge is 0.507 e. The summed E-state index contributed by atoms with van der Waals surface area (Å²) < 4.78 is 1.86. The molecule has 0 unspecified atom stereocenters. The molecule has 5 rings (SSSR count). The maximum absolute atomic E-state index is 10.2. The van der Waals surface area contributed by atoms with Crippen molar-refractivity contribution in [1.29, 1.82) is 0 Å². The molecule has 154 valence electrons. The zero-order chi connectivity index (χ0) is 21.8. The summed E-state index contributed by atoms with van der Waals surface area (Å²) in [7, 11) is 0. The highest BCUT2D eigenvalue weighted by Gasteiger charge is 2.21. The zero-order valence-electron chi connectivity index (χ0n) is 17.3. The lowest BCUT2D eigenvalue weighted by atomic mass is 10.0. The van der Waals surface area contributed by atoms with Crippen LogP contribution in [-0.4, -0.2) is 21.1 Å². The molecule has 0 fully saturated rings. The molecule has 4 heteroatoms. The van der Waals surface area contributed by atoms with Crippen molar-refractivity contribution in [3.8, 4) is 33.8 Å². The van der Waals surface area contributed by atoms with Crippen LogP contribution >= 0.6 is 0 Å². The molecule has 0 atom stereocenters. The Hall–Kier alpha value is -4.44. The fourth-order valence-electron chi connectivity index (χ4n) is 3.67. The topological polar surface area (TPSA) is 50.4 Å². The van der Waals surface area contributed by atoms with Crippen LogP contribution in [0, 0.1) is 0 Å². The fraction of sp³-hybridized carbons (Fsp3) is 0. The Balaban J connectivity index is 1.79. The number of hydrogen-bond acceptors (Lipinski definition) is 3. The summed E-state index contributed by atoms with van der Waals surface area (Å²) in [6.45, 7) is 0. The number of rotatable bonds is 5. The van der Waals surface area contributed by atoms with Gasteiger partial charge in [0.1, 0.15) is 11.4 Å². The summed E-state index contributed by atoms with van der Waals surface area (Å²) in [6, 6.07) is 37.4. The van der Waals surface area contributed by atoms with Crippen LogP contribution in [0.5, 0.6) is 5.75 Å². The van der Waals surface area contributed by atoms with Crippen molar-refractivity contribution >= 4 is 12.0 Å². The van der Waals surface area contributed by atoms with Crippen molar-refractivity contribution in [2.45, 2.75) is 0 Å². The van der Waals surface area contributed by atoms with Crippen molar-refractivity contribution in [2.75, 3.05) is 0 Å². The Labute approximate surface area is 186 Å². The van der Waals surface area contributed by atoms with E-state index in [0.717, 1.165) is 28.1 Å². The first-order valence-electron chi connectivity index (χ1n) is 10.4. The molecular weight excluding hydrogens is 394 g/mol. The number of aliphatic imine (C=N–C) groups is 1. The van der Waals surface area contributed by atoms with Gasteiger partial charge >= 0.3 is 0 Å². The number of aromatic nitrogens is 2. The lowest BCUT2D eigenvalue weighted by Crippen LogP contribution is -1.96. The summed E-state index contributed by atoms with van der Waals surface area (Å²) in [5.41, 5.74) is 5.39. The van der Waals surface area contributed by atoms with Crippen LogP contribution < -0.4 is 0 Å². The molecular formula is C28H21N3O. The minimum absolute atomic E-state index is 0.187. The van der Waals surface area contributed by atoms with E-state index in [9.17, 15) is 5.11 Å². The highest BCUT2D eigenvalue weighted by Crippen LogP contribution is 2.40. The van der Waals surface area contributed by atoms with E-state index in [1.54, 1.807) is 18.3 Å². The second-order valence-corrected chi connectivity index (χ2v) is 7.34. The Morgan fingerprint density at radius 2 is 1.22 bits per heavy atom. The van der Waals surface area contributed by atoms with Gasteiger partial charge in [0.15, 0.2) is 5.82 Å². The monoisotopic (exact) mass is 415 g/mol. The maximum Gasteiger partial charge on any atom is 0.164 e. The number of nitrogens with zero attached hydrogens (tertiary/aromatic N) is 3. The Bertz CT molecular complexity index is 1360. The molecule has 0 radical (unpaired) electrons. The van der Waals surface area contributed by atoms with Gasteiger partial charge in [-0.3, -0.25) is 0 Å². The van der Waals surface area contributed by atoms with Crippen LogP contribution in [0.3, 0.4) is 0 Å². The van der Waals surface area contributed by atoms with Gasteiger partial charge in [0.05, 0.1) is 11.3 Å². The molecule has 5 aromatic rings. The second kappa shape index (κ2) is 8.74. The molecule has 4 aromatic carbocycles. The minimum Gasteiger partial charge on any atom is -0.507 e. The van der Waals surface area contributed by atoms with Gasteiger partial charge in [-0.05, 0) is 29.8 Å². The van der Waals surface area contributed by atoms with E-state index in [0.29, 0.717) is 11.4 Å². The summed E-state index contributed by atoms with van der Waals surface area (Å²) in [4.78, 5) is 4.85. The van der Waals surface area contributed by atoms with E-state index < -0.39 is 0 Å². The molecule has 1 heterocycles. The smallest absolute Gasteiger partial charge is 0.164 e. The van der Waals surface area contributed by atoms with E-state index in [1.165, 1.54) is 0 Å². The standard InChI is InChI=1S/C28H21N3O/c32-25-19-11-10-16-23(25)20-29-28-26(21-12-4-1-5-13-21)27(22-14-6-2-7-15-22)30-31(28)24-17-8-3-9-18-24/h1-20,32H. The fourth-order valence-corrected chi connectivity index (χ4v) is 3.67. The Morgan fingerprint density at radius 1 is 0.656 bits per heavy atom. The first kappa shape index (κ1) is 19.5.